The number of hydrazone groups is 1. The van der Waals surface area contributed by atoms with Crippen LogP contribution in [-0.4, -0.2) is 16.7 Å². The van der Waals surface area contributed by atoms with E-state index in [2.05, 4.69) is 21.0 Å². The van der Waals surface area contributed by atoms with Gasteiger partial charge in [-0.3, -0.25) is 4.79 Å². The number of aromatic hydroxyl groups is 1. The van der Waals surface area contributed by atoms with Crippen LogP contribution in [0.1, 0.15) is 12.5 Å². The van der Waals surface area contributed by atoms with Crippen molar-refractivity contribution in [2.24, 2.45) is 5.10 Å². The van der Waals surface area contributed by atoms with Crippen molar-refractivity contribution in [3.63, 3.8) is 0 Å². The summed E-state index contributed by atoms with van der Waals surface area (Å²) in [5.41, 5.74) is 2.14. The van der Waals surface area contributed by atoms with Crippen LogP contribution in [-0.2, 0) is 4.79 Å². The highest BCUT2D eigenvalue weighted by atomic mass is 79.9. The van der Waals surface area contributed by atoms with Gasteiger partial charge in [0.05, 0.1) is 22.0 Å². The Kier molecular flexibility index (Phi) is 4.24. The van der Waals surface area contributed by atoms with Gasteiger partial charge in [-0.1, -0.05) is 45.7 Å². The zero-order valence-corrected chi connectivity index (χ0v) is 14.5. The molecule has 0 fully saturated rings. The van der Waals surface area contributed by atoms with Crippen LogP contribution in [0.3, 0.4) is 0 Å². The number of halogens is 2. The van der Waals surface area contributed by atoms with Crippen LogP contribution in [0.5, 0.6) is 5.75 Å². The van der Waals surface area contributed by atoms with Gasteiger partial charge in [0.2, 0.25) is 0 Å². The topological polar surface area (TPSA) is 52.9 Å². The van der Waals surface area contributed by atoms with Crippen molar-refractivity contribution >= 4 is 50.9 Å². The summed E-state index contributed by atoms with van der Waals surface area (Å²) in [4.78, 5) is 12.6. The molecule has 0 bridgehead atoms. The first-order valence-corrected chi connectivity index (χ1v) is 7.99. The number of anilines is 1. The van der Waals surface area contributed by atoms with Gasteiger partial charge in [-0.25, -0.2) is 0 Å². The summed E-state index contributed by atoms with van der Waals surface area (Å²) in [5, 5.41) is 15.9. The van der Waals surface area contributed by atoms with Gasteiger partial charge in [0.25, 0.3) is 5.91 Å². The Labute approximate surface area is 146 Å². The number of rotatable bonds is 2. The van der Waals surface area contributed by atoms with Gasteiger partial charge in [-0.15, -0.1) is 0 Å². The highest BCUT2D eigenvalue weighted by Gasteiger charge is 2.28. The summed E-state index contributed by atoms with van der Waals surface area (Å²) in [6, 6.07) is 12.5. The van der Waals surface area contributed by atoms with E-state index in [1.54, 1.807) is 25.1 Å². The SMILES string of the molecule is CC1=NN(c2ccccc2)C(=O)/C1=C\c1cc(Br)cc(Cl)c1O. The molecule has 1 aliphatic heterocycles. The maximum Gasteiger partial charge on any atom is 0.280 e. The van der Waals surface area contributed by atoms with Crippen LogP contribution in [0.15, 0.2) is 57.6 Å². The van der Waals surface area contributed by atoms with Crippen molar-refractivity contribution in [2.45, 2.75) is 6.92 Å². The molecule has 0 atom stereocenters. The van der Waals surface area contributed by atoms with Crippen molar-refractivity contribution in [1.29, 1.82) is 0 Å². The van der Waals surface area contributed by atoms with E-state index in [9.17, 15) is 9.90 Å². The zero-order chi connectivity index (χ0) is 16.6. The lowest BCUT2D eigenvalue weighted by atomic mass is 10.1. The molecule has 0 aromatic heterocycles. The first-order chi connectivity index (χ1) is 11.0. The van der Waals surface area contributed by atoms with Crippen LogP contribution < -0.4 is 5.01 Å². The third-order valence-electron chi connectivity index (χ3n) is 3.42. The van der Waals surface area contributed by atoms with E-state index in [0.717, 1.165) is 0 Å². The monoisotopic (exact) mass is 390 g/mol. The van der Waals surface area contributed by atoms with Crippen molar-refractivity contribution < 1.29 is 9.90 Å². The van der Waals surface area contributed by atoms with E-state index in [4.69, 9.17) is 11.6 Å². The Balaban J connectivity index is 2.02. The molecule has 2 aromatic carbocycles. The molecule has 0 aliphatic carbocycles. The molecule has 23 heavy (non-hydrogen) atoms. The fourth-order valence-electron chi connectivity index (χ4n) is 2.28. The number of phenolic OH excluding ortho intramolecular Hbond substituents is 1. The number of hydrogen-bond donors (Lipinski definition) is 1. The highest BCUT2D eigenvalue weighted by molar-refractivity contribution is 9.10. The second-order valence-electron chi connectivity index (χ2n) is 5.02. The second kappa shape index (κ2) is 6.18. The number of carbonyl (C=O) groups excluding carboxylic acids is 1. The molecular weight excluding hydrogens is 380 g/mol. The van der Waals surface area contributed by atoms with E-state index in [1.807, 2.05) is 30.3 Å². The number of hydrogen-bond acceptors (Lipinski definition) is 3. The predicted octanol–water partition coefficient (Wildman–Crippen LogP) is 4.61. The van der Waals surface area contributed by atoms with Gasteiger partial charge >= 0.3 is 0 Å². The lowest BCUT2D eigenvalue weighted by molar-refractivity contribution is -0.114. The van der Waals surface area contributed by atoms with E-state index < -0.39 is 0 Å². The van der Waals surface area contributed by atoms with Crippen molar-refractivity contribution in [3.05, 3.63) is 63.1 Å². The van der Waals surface area contributed by atoms with Gasteiger partial charge in [0, 0.05) is 10.0 Å². The molecular formula is C17H12BrClN2O2. The maximum absolute atomic E-state index is 12.6. The van der Waals surface area contributed by atoms with Crippen LogP contribution in [0.2, 0.25) is 5.02 Å². The van der Waals surface area contributed by atoms with E-state index in [-0.39, 0.29) is 16.7 Å². The molecule has 1 heterocycles. The number of phenols is 1. The molecule has 0 saturated heterocycles. The third kappa shape index (κ3) is 3.02. The minimum absolute atomic E-state index is 0.0684. The standard InChI is InChI=1S/C17H12BrClN2O2/c1-10-14(8-11-7-12(18)9-15(19)16(11)22)17(23)21(20-10)13-5-3-2-4-6-13/h2-9,22H,1H3/b14-8-. The number of para-hydroxylation sites is 1. The minimum Gasteiger partial charge on any atom is -0.506 e. The minimum atomic E-state index is -0.246. The van der Waals surface area contributed by atoms with Gasteiger partial charge in [0.1, 0.15) is 5.75 Å². The molecule has 0 saturated carbocycles. The molecule has 2 aromatic rings. The van der Waals surface area contributed by atoms with Crippen LogP contribution in [0, 0.1) is 0 Å². The first kappa shape index (κ1) is 15.8. The Bertz CT molecular complexity index is 847. The summed E-state index contributed by atoms with van der Waals surface area (Å²) in [5.74, 6) is -0.315. The molecule has 3 rings (SSSR count). The molecule has 4 nitrogen and oxygen atoms in total. The summed E-state index contributed by atoms with van der Waals surface area (Å²) in [6.45, 7) is 1.75. The first-order valence-electron chi connectivity index (χ1n) is 6.82. The second-order valence-corrected chi connectivity index (χ2v) is 6.34. The van der Waals surface area contributed by atoms with E-state index >= 15 is 0 Å². The van der Waals surface area contributed by atoms with Gasteiger partial charge < -0.3 is 5.11 Å². The number of nitrogens with zero attached hydrogens (tertiary/aromatic N) is 2. The largest absolute Gasteiger partial charge is 0.506 e. The average molecular weight is 392 g/mol. The number of benzene rings is 2. The van der Waals surface area contributed by atoms with Crippen LogP contribution in [0.25, 0.3) is 6.08 Å². The normalized spacial score (nSPS) is 16.1. The fraction of sp³-hybridized carbons (Fsp3) is 0.0588. The summed E-state index contributed by atoms with van der Waals surface area (Å²) < 4.78 is 0.715. The average Bonchev–Trinajstić information content (AvgIpc) is 2.81. The molecule has 0 radical (unpaired) electrons. The quantitative estimate of drug-likeness (QED) is 0.760. The number of carbonyl (C=O) groups is 1. The molecule has 6 heteroatoms. The Hall–Kier alpha value is -2.11. The summed E-state index contributed by atoms with van der Waals surface area (Å²) >= 11 is 9.29. The lowest BCUT2D eigenvalue weighted by Crippen LogP contribution is -2.21. The van der Waals surface area contributed by atoms with Gasteiger partial charge in [0.15, 0.2) is 0 Å². The molecule has 1 amide bonds. The Morgan fingerprint density at radius 2 is 1.96 bits per heavy atom. The van der Waals surface area contributed by atoms with E-state index in [0.29, 0.717) is 27.0 Å². The Morgan fingerprint density at radius 1 is 1.26 bits per heavy atom. The lowest BCUT2D eigenvalue weighted by Gasteiger charge is -2.11. The molecule has 1 N–H and O–H groups in total. The fourth-order valence-corrected chi connectivity index (χ4v) is 3.11. The van der Waals surface area contributed by atoms with Crippen LogP contribution in [0.4, 0.5) is 5.69 Å². The molecule has 0 spiro atoms. The van der Waals surface area contributed by atoms with Crippen molar-refractivity contribution in [1.82, 2.24) is 0 Å². The predicted molar refractivity (Wildman–Crippen MR) is 95.8 cm³/mol. The number of amides is 1. The molecule has 0 unspecified atom stereocenters. The van der Waals surface area contributed by atoms with Crippen LogP contribution >= 0.6 is 27.5 Å². The van der Waals surface area contributed by atoms with Gasteiger partial charge in [-0.05, 0) is 37.3 Å². The third-order valence-corrected chi connectivity index (χ3v) is 4.17. The van der Waals surface area contributed by atoms with Gasteiger partial charge in [-0.2, -0.15) is 10.1 Å². The Morgan fingerprint density at radius 3 is 2.65 bits per heavy atom. The zero-order valence-electron chi connectivity index (χ0n) is 12.1. The van der Waals surface area contributed by atoms with E-state index in [1.165, 1.54) is 5.01 Å². The van der Waals surface area contributed by atoms with Crippen molar-refractivity contribution in [3.8, 4) is 5.75 Å². The summed E-state index contributed by atoms with van der Waals surface area (Å²) in [6.07, 6.45) is 1.59. The highest BCUT2D eigenvalue weighted by Crippen LogP contribution is 2.34. The van der Waals surface area contributed by atoms with Crippen molar-refractivity contribution in [2.75, 3.05) is 5.01 Å². The smallest absolute Gasteiger partial charge is 0.280 e. The maximum atomic E-state index is 12.6. The molecule has 1 aliphatic rings. The summed E-state index contributed by atoms with van der Waals surface area (Å²) in [7, 11) is 0. The molecule has 116 valence electrons.